The van der Waals surface area contributed by atoms with E-state index in [0.717, 1.165) is 31.2 Å². The Balaban J connectivity index is 1.62. The first-order chi connectivity index (χ1) is 9.74. The molecule has 20 heavy (non-hydrogen) atoms. The van der Waals surface area contributed by atoms with E-state index in [1.54, 1.807) is 0 Å². The van der Waals surface area contributed by atoms with E-state index in [2.05, 4.69) is 17.1 Å². The maximum absolute atomic E-state index is 9.88. The van der Waals surface area contributed by atoms with Crippen molar-refractivity contribution in [2.45, 2.75) is 69.9 Å². The fraction of sp³-hybridized carbons (Fsp3) is 1.00. The smallest absolute Gasteiger partial charge is 0.0613 e. The van der Waals surface area contributed by atoms with E-state index in [4.69, 9.17) is 0 Å². The lowest BCUT2D eigenvalue weighted by atomic mass is 9.78. The molecule has 0 aliphatic heterocycles. The summed E-state index contributed by atoms with van der Waals surface area (Å²) < 4.78 is 0. The SMILES string of the molecule is CCNC1(CO)CCCC(N(CC2CC2)CC2CC2)C1. The minimum atomic E-state index is 0.00299. The normalized spacial score (nSPS) is 34.6. The summed E-state index contributed by atoms with van der Waals surface area (Å²) in [5, 5.41) is 13.5. The number of aliphatic hydroxyl groups excluding tert-OH is 1. The summed E-state index contributed by atoms with van der Waals surface area (Å²) in [5.41, 5.74) is 0.00299. The zero-order chi connectivity index (χ0) is 14.0. The first-order valence-electron chi connectivity index (χ1n) is 8.84. The Labute approximate surface area is 124 Å². The molecule has 2 N–H and O–H groups in total. The molecule has 0 aromatic rings. The summed E-state index contributed by atoms with van der Waals surface area (Å²) in [4.78, 5) is 2.80. The molecule has 0 bridgehead atoms. The van der Waals surface area contributed by atoms with Gasteiger partial charge in [0, 0.05) is 24.7 Å². The number of likely N-dealkylation sites (N-methyl/N-ethyl adjacent to an activating group) is 1. The average Bonchev–Trinajstić information content (AvgIpc) is 3.34. The van der Waals surface area contributed by atoms with E-state index in [0.29, 0.717) is 12.6 Å². The van der Waals surface area contributed by atoms with Crippen LogP contribution in [0.25, 0.3) is 0 Å². The second-order valence-electron chi connectivity index (χ2n) is 7.56. The quantitative estimate of drug-likeness (QED) is 0.716. The summed E-state index contributed by atoms with van der Waals surface area (Å²) in [7, 11) is 0. The molecular formula is C17H32N2O. The van der Waals surface area contributed by atoms with Crippen LogP contribution in [0.4, 0.5) is 0 Å². The Morgan fingerprint density at radius 1 is 1.10 bits per heavy atom. The molecule has 0 spiro atoms. The molecule has 3 nitrogen and oxygen atoms in total. The van der Waals surface area contributed by atoms with Gasteiger partial charge in [0.2, 0.25) is 0 Å². The van der Waals surface area contributed by atoms with Crippen LogP contribution in [-0.4, -0.2) is 47.8 Å². The van der Waals surface area contributed by atoms with Crippen molar-refractivity contribution in [1.82, 2.24) is 10.2 Å². The van der Waals surface area contributed by atoms with Crippen LogP contribution in [0.3, 0.4) is 0 Å². The van der Waals surface area contributed by atoms with Crippen LogP contribution in [0.2, 0.25) is 0 Å². The van der Waals surface area contributed by atoms with Gasteiger partial charge in [0.25, 0.3) is 0 Å². The zero-order valence-electron chi connectivity index (χ0n) is 13.1. The van der Waals surface area contributed by atoms with Crippen molar-refractivity contribution in [2.24, 2.45) is 11.8 Å². The standard InChI is InChI=1S/C17H32N2O/c1-2-18-17(13-20)9-3-4-16(10-17)19(11-14-5-6-14)12-15-7-8-15/h14-16,18,20H,2-13H2,1H3. The summed E-state index contributed by atoms with van der Waals surface area (Å²) in [6, 6.07) is 0.705. The van der Waals surface area contributed by atoms with Crippen LogP contribution in [0.1, 0.15) is 58.3 Å². The average molecular weight is 280 g/mol. The van der Waals surface area contributed by atoms with Crippen molar-refractivity contribution >= 4 is 0 Å². The van der Waals surface area contributed by atoms with Crippen molar-refractivity contribution in [3.05, 3.63) is 0 Å². The van der Waals surface area contributed by atoms with Crippen molar-refractivity contribution in [1.29, 1.82) is 0 Å². The number of nitrogens with zero attached hydrogens (tertiary/aromatic N) is 1. The lowest BCUT2D eigenvalue weighted by molar-refractivity contribution is 0.0557. The molecule has 2 unspecified atom stereocenters. The molecule has 0 radical (unpaired) electrons. The minimum Gasteiger partial charge on any atom is -0.394 e. The van der Waals surface area contributed by atoms with Crippen molar-refractivity contribution in [3.8, 4) is 0 Å². The predicted molar refractivity (Wildman–Crippen MR) is 82.8 cm³/mol. The van der Waals surface area contributed by atoms with Gasteiger partial charge in [-0.05, 0) is 69.7 Å². The van der Waals surface area contributed by atoms with Crippen LogP contribution in [-0.2, 0) is 0 Å². The van der Waals surface area contributed by atoms with E-state index < -0.39 is 0 Å². The molecule has 3 fully saturated rings. The highest BCUT2D eigenvalue weighted by atomic mass is 16.3. The third-order valence-electron chi connectivity index (χ3n) is 5.57. The van der Waals surface area contributed by atoms with Crippen LogP contribution in [0.5, 0.6) is 0 Å². The number of hydrogen-bond acceptors (Lipinski definition) is 3. The molecule has 0 aromatic carbocycles. The van der Waals surface area contributed by atoms with Gasteiger partial charge in [0.15, 0.2) is 0 Å². The zero-order valence-corrected chi connectivity index (χ0v) is 13.1. The van der Waals surface area contributed by atoms with Gasteiger partial charge in [-0.25, -0.2) is 0 Å². The number of hydrogen-bond donors (Lipinski definition) is 2. The Kier molecular flexibility index (Phi) is 4.68. The van der Waals surface area contributed by atoms with Crippen molar-refractivity contribution in [3.63, 3.8) is 0 Å². The second kappa shape index (κ2) is 6.33. The Morgan fingerprint density at radius 2 is 1.75 bits per heavy atom. The van der Waals surface area contributed by atoms with Crippen LogP contribution in [0.15, 0.2) is 0 Å². The van der Waals surface area contributed by atoms with Gasteiger partial charge in [-0.3, -0.25) is 4.90 Å². The fourth-order valence-corrected chi connectivity index (χ4v) is 4.01. The number of aliphatic hydroxyl groups is 1. The molecule has 3 aliphatic rings. The maximum Gasteiger partial charge on any atom is 0.0613 e. The fourth-order valence-electron chi connectivity index (χ4n) is 4.01. The maximum atomic E-state index is 9.88. The Bertz CT molecular complexity index is 296. The monoisotopic (exact) mass is 280 g/mol. The first kappa shape index (κ1) is 14.8. The highest BCUT2D eigenvalue weighted by Gasteiger charge is 2.40. The van der Waals surface area contributed by atoms with E-state index in [9.17, 15) is 5.11 Å². The van der Waals surface area contributed by atoms with Gasteiger partial charge in [-0.15, -0.1) is 0 Å². The number of nitrogens with one attached hydrogen (secondary N) is 1. The van der Waals surface area contributed by atoms with Gasteiger partial charge < -0.3 is 10.4 Å². The number of rotatable bonds is 8. The lowest BCUT2D eigenvalue weighted by Gasteiger charge is -2.44. The molecule has 116 valence electrons. The molecule has 3 aliphatic carbocycles. The van der Waals surface area contributed by atoms with Crippen molar-refractivity contribution < 1.29 is 5.11 Å². The molecule has 3 rings (SSSR count). The highest BCUT2D eigenvalue weighted by Crippen LogP contribution is 2.38. The molecule has 0 aromatic heterocycles. The predicted octanol–water partition coefficient (Wildman–Crippen LogP) is 2.39. The largest absolute Gasteiger partial charge is 0.394 e. The van der Waals surface area contributed by atoms with Crippen LogP contribution in [0, 0.1) is 11.8 Å². The second-order valence-corrected chi connectivity index (χ2v) is 7.56. The Hall–Kier alpha value is -0.120. The summed E-state index contributed by atoms with van der Waals surface area (Å²) >= 11 is 0. The first-order valence-corrected chi connectivity index (χ1v) is 8.84. The van der Waals surface area contributed by atoms with Gasteiger partial charge in [-0.2, -0.15) is 0 Å². The summed E-state index contributed by atoms with van der Waals surface area (Å²) in [5.74, 6) is 1.97. The molecule has 0 heterocycles. The lowest BCUT2D eigenvalue weighted by Crippen LogP contribution is -2.56. The molecular weight excluding hydrogens is 248 g/mol. The van der Waals surface area contributed by atoms with Crippen molar-refractivity contribution in [2.75, 3.05) is 26.2 Å². The molecule has 3 heteroatoms. The van der Waals surface area contributed by atoms with Crippen LogP contribution >= 0.6 is 0 Å². The molecule has 3 saturated carbocycles. The Morgan fingerprint density at radius 3 is 2.25 bits per heavy atom. The van der Waals surface area contributed by atoms with Gasteiger partial charge >= 0.3 is 0 Å². The molecule has 2 atom stereocenters. The van der Waals surface area contributed by atoms with E-state index in [-0.39, 0.29) is 5.54 Å². The highest BCUT2D eigenvalue weighted by molar-refractivity contribution is 4.97. The molecule has 0 amide bonds. The van der Waals surface area contributed by atoms with Gasteiger partial charge in [-0.1, -0.05) is 6.92 Å². The molecule has 0 saturated heterocycles. The van der Waals surface area contributed by atoms with Crippen LogP contribution < -0.4 is 5.32 Å². The van der Waals surface area contributed by atoms with Gasteiger partial charge in [0.1, 0.15) is 0 Å². The third kappa shape index (κ3) is 3.75. The van der Waals surface area contributed by atoms with E-state index in [1.165, 1.54) is 51.6 Å². The summed E-state index contributed by atoms with van der Waals surface area (Å²) in [6.45, 7) is 6.09. The van der Waals surface area contributed by atoms with E-state index in [1.807, 2.05) is 0 Å². The summed E-state index contributed by atoms with van der Waals surface area (Å²) in [6.07, 6.45) is 10.7. The minimum absolute atomic E-state index is 0.00299. The third-order valence-corrected chi connectivity index (χ3v) is 5.57. The van der Waals surface area contributed by atoms with E-state index >= 15 is 0 Å². The van der Waals surface area contributed by atoms with Gasteiger partial charge in [0.05, 0.1) is 6.61 Å². The topological polar surface area (TPSA) is 35.5 Å².